The zero-order valence-electron chi connectivity index (χ0n) is 18.4. The van der Waals surface area contributed by atoms with Gasteiger partial charge in [-0.1, -0.05) is 30.4 Å². The summed E-state index contributed by atoms with van der Waals surface area (Å²) in [6, 6.07) is 8.97. The Morgan fingerprint density at radius 3 is 2.14 bits per heavy atom. The Labute approximate surface area is 178 Å². The number of ether oxygens (including phenoxy) is 1. The van der Waals surface area contributed by atoms with Gasteiger partial charge in [-0.3, -0.25) is 0 Å². The van der Waals surface area contributed by atoms with Crippen LogP contribution >= 0.6 is 0 Å². The smallest absolute Gasteiger partial charge is 0.119 e. The predicted molar refractivity (Wildman–Crippen MR) is 123 cm³/mol. The fourth-order valence-corrected chi connectivity index (χ4v) is 6.59. The SMILES string of the molecule is C=CC1CCC(C2CCC3CC(c4ccc(OC/C=C/C)cc4)CCC3C2)CC1. The van der Waals surface area contributed by atoms with E-state index in [0.717, 1.165) is 41.3 Å². The van der Waals surface area contributed by atoms with Crippen LogP contribution in [0.4, 0.5) is 0 Å². The molecule has 1 heteroatoms. The van der Waals surface area contributed by atoms with Crippen molar-refractivity contribution in [2.45, 2.75) is 77.0 Å². The first-order valence-corrected chi connectivity index (χ1v) is 12.2. The van der Waals surface area contributed by atoms with Crippen LogP contribution in [0.1, 0.15) is 82.6 Å². The average Bonchev–Trinajstić information content (AvgIpc) is 2.79. The van der Waals surface area contributed by atoms with Gasteiger partial charge in [0.05, 0.1) is 0 Å². The second-order valence-corrected chi connectivity index (χ2v) is 9.96. The Morgan fingerprint density at radius 1 is 0.828 bits per heavy atom. The van der Waals surface area contributed by atoms with Crippen LogP contribution in [0.15, 0.2) is 49.1 Å². The van der Waals surface area contributed by atoms with Crippen LogP contribution < -0.4 is 4.74 Å². The van der Waals surface area contributed by atoms with Gasteiger partial charge in [0.1, 0.15) is 12.4 Å². The van der Waals surface area contributed by atoms with Gasteiger partial charge < -0.3 is 4.74 Å². The third kappa shape index (κ3) is 5.16. The van der Waals surface area contributed by atoms with Crippen molar-refractivity contribution in [2.24, 2.45) is 29.6 Å². The second-order valence-electron chi connectivity index (χ2n) is 9.96. The average molecular weight is 393 g/mol. The number of hydrogen-bond donors (Lipinski definition) is 0. The lowest BCUT2D eigenvalue weighted by molar-refractivity contribution is 0.0748. The largest absolute Gasteiger partial charge is 0.490 e. The maximum absolute atomic E-state index is 5.77. The van der Waals surface area contributed by atoms with E-state index in [1.165, 1.54) is 69.8 Å². The molecule has 0 bridgehead atoms. The van der Waals surface area contributed by atoms with Gasteiger partial charge in [-0.25, -0.2) is 0 Å². The van der Waals surface area contributed by atoms with E-state index < -0.39 is 0 Å². The Balaban J connectivity index is 1.28. The van der Waals surface area contributed by atoms with Gasteiger partial charge in [0, 0.05) is 0 Å². The third-order valence-electron chi connectivity index (χ3n) is 8.40. The lowest BCUT2D eigenvalue weighted by atomic mass is 9.60. The van der Waals surface area contributed by atoms with Crippen molar-refractivity contribution in [3.63, 3.8) is 0 Å². The van der Waals surface area contributed by atoms with E-state index in [1.54, 1.807) is 0 Å². The molecule has 29 heavy (non-hydrogen) atoms. The van der Waals surface area contributed by atoms with E-state index in [0.29, 0.717) is 6.61 Å². The van der Waals surface area contributed by atoms with E-state index in [-0.39, 0.29) is 0 Å². The highest BCUT2D eigenvalue weighted by Gasteiger charge is 2.38. The molecular weight excluding hydrogens is 352 g/mol. The van der Waals surface area contributed by atoms with Gasteiger partial charge in [0.15, 0.2) is 0 Å². The first-order chi connectivity index (χ1) is 14.3. The van der Waals surface area contributed by atoms with E-state index in [9.17, 15) is 0 Å². The molecule has 3 fully saturated rings. The van der Waals surface area contributed by atoms with Crippen molar-refractivity contribution in [1.29, 1.82) is 0 Å². The van der Waals surface area contributed by atoms with Gasteiger partial charge in [0.25, 0.3) is 0 Å². The predicted octanol–water partition coefficient (Wildman–Crippen LogP) is 7.93. The molecule has 0 N–H and O–H groups in total. The van der Waals surface area contributed by atoms with Gasteiger partial charge in [-0.2, -0.15) is 0 Å². The Hall–Kier alpha value is -1.50. The number of rotatable bonds is 6. The molecule has 1 nitrogen and oxygen atoms in total. The summed E-state index contributed by atoms with van der Waals surface area (Å²) < 4.78 is 5.77. The molecule has 3 aliphatic carbocycles. The molecule has 3 aliphatic rings. The number of benzene rings is 1. The summed E-state index contributed by atoms with van der Waals surface area (Å²) in [5.74, 6) is 6.57. The zero-order chi connectivity index (χ0) is 20.1. The van der Waals surface area contributed by atoms with Crippen LogP contribution in [-0.4, -0.2) is 6.61 Å². The molecule has 4 unspecified atom stereocenters. The molecular formula is C28H40O. The summed E-state index contributed by atoms with van der Waals surface area (Å²) in [7, 11) is 0. The number of fused-ring (bicyclic) bond motifs is 1. The standard InChI is InChI=1S/C28H40O/c1-3-5-18-29-28-16-14-23(15-17-28)25-11-13-26-19-24(10-12-27(26)20-25)22-8-6-21(4-2)7-9-22/h3-5,14-17,21-22,24-27H,2,6-13,18-20H2,1H3/b5-3+. The molecule has 0 aromatic heterocycles. The summed E-state index contributed by atoms with van der Waals surface area (Å²) >= 11 is 0. The fourth-order valence-electron chi connectivity index (χ4n) is 6.59. The van der Waals surface area contributed by atoms with Crippen molar-refractivity contribution in [1.82, 2.24) is 0 Å². The molecule has 0 aliphatic heterocycles. The van der Waals surface area contributed by atoms with Crippen LogP contribution in [0, 0.1) is 29.6 Å². The Bertz CT molecular complexity index is 664. The first-order valence-electron chi connectivity index (χ1n) is 12.2. The molecule has 4 atom stereocenters. The molecule has 0 amide bonds. The summed E-state index contributed by atoms with van der Waals surface area (Å²) in [4.78, 5) is 0. The minimum atomic E-state index is 0.666. The van der Waals surface area contributed by atoms with Crippen molar-refractivity contribution >= 4 is 0 Å². The van der Waals surface area contributed by atoms with Crippen LogP contribution in [0.2, 0.25) is 0 Å². The molecule has 0 radical (unpaired) electrons. The van der Waals surface area contributed by atoms with Crippen LogP contribution in [-0.2, 0) is 0 Å². The van der Waals surface area contributed by atoms with E-state index in [4.69, 9.17) is 4.74 Å². The minimum absolute atomic E-state index is 0.666. The molecule has 4 rings (SSSR count). The van der Waals surface area contributed by atoms with E-state index in [1.807, 2.05) is 13.0 Å². The topological polar surface area (TPSA) is 9.23 Å². The fraction of sp³-hybridized carbons (Fsp3) is 0.643. The van der Waals surface area contributed by atoms with Crippen molar-refractivity contribution in [2.75, 3.05) is 6.61 Å². The monoisotopic (exact) mass is 392 g/mol. The molecule has 0 saturated heterocycles. The maximum Gasteiger partial charge on any atom is 0.119 e. The maximum atomic E-state index is 5.77. The number of allylic oxidation sites excluding steroid dienone is 2. The van der Waals surface area contributed by atoms with Crippen molar-refractivity contribution in [3.05, 3.63) is 54.6 Å². The van der Waals surface area contributed by atoms with Gasteiger partial charge in [-0.05, 0) is 124 Å². The molecule has 1 aromatic carbocycles. The van der Waals surface area contributed by atoms with Crippen molar-refractivity contribution in [3.8, 4) is 5.75 Å². The van der Waals surface area contributed by atoms with Gasteiger partial charge >= 0.3 is 0 Å². The highest BCUT2D eigenvalue weighted by Crippen LogP contribution is 2.50. The molecule has 0 heterocycles. The zero-order valence-corrected chi connectivity index (χ0v) is 18.4. The normalized spacial score (nSPS) is 35.2. The summed E-state index contributed by atoms with van der Waals surface area (Å²) in [6.07, 6.45) is 20.8. The highest BCUT2D eigenvalue weighted by molar-refractivity contribution is 5.30. The molecule has 3 saturated carbocycles. The highest BCUT2D eigenvalue weighted by atomic mass is 16.5. The molecule has 1 aromatic rings. The first kappa shape index (κ1) is 20.8. The molecule has 158 valence electrons. The van der Waals surface area contributed by atoms with Crippen molar-refractivity contribution < 1.29 is 4.74 Å². The summed E-state index contributed by atoms with van der Waals surface area (Å²) in [5, 5.41) is 0. The van der Waals surface area contributed by atoms with Crippen LogP contribution in [0.3, 0.4) is 0 Å². The lowest BCUT2D eigenvalue weighted by Crippen LogP contribution is -2.34. The van der Waals surface area contributed by atoms with E-state index >= 15 is 0 Å². The van der Waals surface area contributed by atoms with Gasteiger partial charge in [-0.15, -0.1) is 6.58 Å². The molecule has 0 spiro atoms. The number of hydrogen-bond acceptors (Lipinski definition) is 1. The second kappa shape index (κ2) is 10.0. The Kier molecular flexibility index (Phi) is 7.16. The third-order valence-corrected chi connectivity index (χ3v) is 8.40. The minimum Gasteiger partial charge on any atom is -0.490 e. The lowest BCUT2D eigenvalue weighted by Gasteiger charge is -2.45. The quantitative estimate of drug-likeness (QED) is 0.446. The van der Waals surface area contributed by atoms with Gasteiger partial charge in [0.2, 0.25) is 0 Å². The summed E-state index contributed by atoms with van der Waals surface area (Å²) in [6.45, 7) is 6.72. The van der Waals surface area contributed by atoms with Crippen LogP contribution in [0.25, 0.3) is 0 Å². The Morgan fingerprint density at radius 2 is 1.45 bits per heavy atom. The van der Waals surface area contributed by atoms with Crippen LogP contribution in [0.5, 0.6) is 5.75 Å². The van der Waals surface area contributed by atoms with E-state index in [2.05, 4.69) is 43.0 Å². The summed E-state index contributed by atoms with van der Waals surface area (Å²) in [5.41, 5.74) is 1.53.